The van der Waals surface area contributed by atoms with E-state index in [4.69, 9.17) is 14.2 Å². The summed E-state index contributed by atoms with van der Waals surface area (Å²) in [6.07, 6.45) is 4.53. The molecule has 3 saturated carbocycles. The molecule has 4 nitrogen and oxygen atoms in total. The predicted octanol–water partition coefficient (Wildman–Crippen LogP) is 1.30. The van der Waals surface area contributed by atoms with Crippen molar-refractivity contribution in [2.24, 2.45) is 23.7 Å². The molecule has 3 rings (SSSR count). The molecule has 0 aromatic heterocycles. The average molecular weight is 269 g/mol. The zero-order valence-electron chi connectivity index (χ0n) is 12.0. The molecule has 3 aliphatic carbocycles. The van der Waals surface area contributed by atoms with E-state index in [1.807, 2.05) is 0 Å². The van der Waals surface area contributed by atoms with Crippen molar-refractivity contribution in [3.8, 4) is 0 Å². The van der Waals surface area contributed by atoms with E-state index in [0.29, 0.717) is 26.4 Å². The summed E-state index contributed by atoms with van der Waals surface area (Å²) in [6, 6.07) is 0.827. The minimum absolute atomic E-state index is 0.659. The van der Waals surface area contributed by atoms with Gasteiger partial charge in [-0.05, 0) is 42.9 Å². The Kier molecular flexibility index (Phi) is 4.74. The topological polar surface area (TPSA) is 39.7 Å². The molecule has 4 atom stereocenters. The molecule has 19 heavy (non-hydrogen) atoms. The maximum atomic E-state index is 5.56. The van der Waals surface area contributed by atoms with Crippen LogP contribution in [0.25, 0.3) is 0 Å². The smallest absolute Gasteiger partial charge is 0.0701 e. The van der Waals surface area contributed by atoms with Gasteiger partial charge in [0.2, 0.25) is 0 Å². The highest BCUT2D eigenvalue weighted by Gasteiger charge is 2.64. The van der Waals surface area contributed by atoms with Crippen molar-refractivity contribution in [1.29, 1.82) is 0 Å². The van der Waals surface area contributed by atoms with Gasteiger partial charge in [0, 0.05) is 19.7 Å². The number of fused-ring (bicyclic) bond motifs is 5. The lowest BCUT2D eigenvalue weighted by atomic mass is 10.0. The quantitative estimate of drug-likeness (QED) is 0.607. The largest absolute Gasteiger partial charge is 0.382 e. The van der Waals surface area contributed by atoms with Gasteiger partial charge in [-0.1, -0.05) is 0 Å². The highest BCUT2D eigenvalue weighted by Crippen LogP contribution is 2.65. The first-order chi connectivity index (χ1) is 9.42. The fourth-order valence-electron chi connectivity index (χ4n) is 4.36. The number of hydrogen-bond donors (Lipinski definition) is 1. The van der Waals surface area contributed by atoms with Crippen LogP contribution in [-0.4, -0.2) is 52.7 Å². The highest BCUT2D eigenvalue weighted by atomic mass is 16.5. The molecular formula is C15H27NO3. The molecule has 110 valence electrons. The molecule has 3 aliphatic rings. The van der Waals surface area contributed by atoms with Crippen LogP contribution < -0.4 is 5.32 Å². The van der Waals surface area contributed by atoms with Crippen LogP contribution in [-0.2, 0) is 14.2 Å². The molecule has 1 N–H and O–H groups in total. The van der Waals surface area contributed by atoms with Gasteiger partial charge >= 0.3 is 0 Å². The second-order valence-corrected chi connectivity index (χ2v) is 6.19. The molecule has 4 heteroatoms. The molecule has 2 bridgehead atoms. The van der Waals surface area contributed by atoms with Gasteiger partial charge in [-0.25, -0.2) is 0 Å². The Morgan fingerprint density at radius 2 is 1.53 bits per heavy atom. The van der Waals surface area contributed by atoms with Crippen molar-refractivity contribution in [2.45, 2.75) is 25.3 Å². The van der Waals surface area contributed by atoms with Crippen molar-refractivity contribution >= 4 is 0 Å². The minimum Gasteiger partial charge on any atom is -0.382 e. The van der Waals surface area contributed by atoms with Crippen LogP contribution >= 0.6 is 0 Å². The van der Waals surface area contributed by atoms with Gasteiger partial charge < -0.3 is 19.5 Å². The van der Waals surface area contributed by atoms with E-state index in [1.165, 1.54) is 19.3 Å². The molecule has 0 spiro atoms. The Balaban J connectivity index is 1.15. The summed E-state index contributed by atoms with van der Waals surface area (Å²) in [7, 11) is 1.69. The molecule has 0 aliphatic heterocycles. The molecule has 0 saturated heterocycles. The monoisotopic (exact) mass is 269 g/mol. The zero-order chi connectivity index (χ0) is 13.1. The van der Waals surface area contributed by atoms with Gasteiger partial charge in [0.25, 0.3) is 0 Å². The summed E-state index contributed by atoms with van der Waals surface area (Å²) in [5.74, 6) is 4.16. The van der Waals surface area contributed by atoms with Crippen LogP contribution in [0.15, 0.2) is 0 Å². The molecular weight excluding hydrogens is 242 g/mol. The van der Waals surface area contributed by atoms with E-state index in [0.717, 1.165) is 42.9 Å². The molecule has 0 heterocycles. The summed E-state index contributed by atoms with van der Waals surface area (Å²) >= 11 is 0. The Bertz CT molecular complexity index is 271. The van der Waals surface area contributed by atoms with Crippen molar-refractivity contribution in [3.05, 3.63) is 0 Å². The van der Waals surface area contributed by atoms with Crippen LogP contribution in [0.3, 0.4) is 0 Å². The summed E-state index contributed by atoms with van der Waals surface area (Å²) in [5.41, 5.74) is 0. The second-order valence-electron chi connectivity index (χ2n) is 6.19. The molecule has 0 aromatic rings. The molecule has 3 fully saturated rings. The van der Waals surface area contributed by atoms with Crippen molar-refractivity contribution in [2.75, 3.05) is 46.7 Å². The summed E-state index contributed by atoms with van der Waals surface area (Å²) in [6.45, 7) is 4.48. The van der Waals surface area contributed by atoms with Crippen molar-refractivity contribution < 1.29 is 14.2 Å². The SMILES string of the molecule is COCCOCCOCCNC1C2C3CCC(C3)C12. The van der Waals surface area contributed by atoms with Gasteiger partial charge in [0.05, 0.1) is 33.0 Å². The first kappa shape index (κ1) is 13.8. The zero-order valence-corrected chi connectivity index (χ0v) is 12.0. The van der Waals surface area contributed by atoms with Gasteiger partial charge in [0.1, 0.15) is 0 Å². The average Bonchev–Trinajstić information content (AvgIpc) is 2.82. The van der Waals surface area contributed by atoms with E-state index in [2.05, 4.69) is 5.32 Å². The lowest BCUT2D eigenvalue weighted by Crippen LogP contribution is -2.27. The maximum absolute atomic E-state index is 5.56. The van der Waals surface area contributed by atoms with E-state index in [1.54, 1.807) is 7.11 Å². The van der Waals surface area contributed by atoms with Gasteiger partial charge in [0.15, 0.2) is 0 Å². The minimum atomic E-state index is 0.659. The van der Waals surface area contributed by atoms with Crippen LogP contribution in [0.2, 0.25) is 0 Å². The van der Waals surface area contributed by atoms with Gasteiger partial charge in [-0.2, -0.15) is 0 Å². The molecule has 0 aromatic carbocycles. The first-order valence-corrected chi connectivity index (χ1v) is 7.79. The van der Waals surface area contributed by atoms with E-state index < -0.39 is 0 Å². The summed E-state index contributed by atoms with van der Waals surface area (Å²) in [4.78, 5) is 0. The van der Waals surface area contributed by atoms with Crippen molar-refractivity contribution in [3.63, 3.8) is 0 Å². The number of methoxy groups -OCH3 is 1. The lowest BCUT2D eigenvalue weighted by molar-refractivity contribution is 0.0254. The van der Waals surface area contributed by atoms with Gasteiger partial charge in [-0.15, -0.1) is 0 Å². The number of rotatable bonds is 10. The van der Waals surface area contributed by atoms with Crippen LogP contribution in [0.5, 0.6) is 0 Å². The summed E-state index contributed by atoms with van der Waals surface area (Å²) < 4.78 is 15.8. The second kappa shape index (κ2) is 6.53. The standard InChI is InChI=1S/C15H27NO3/c1-17-6-7-19-9-8-18-5-4-16-15-13-11-2-3-12(10-11)14(13)15/h11-16H,2-10H2,1H3. The fourth-order valence-corrected chi connectivity index (χ4v) is 4.36. The third-order valence-electron chi connectivity index (χ3n) is 5.17. The molecule has 0 amide bonds. The normalized spacial score (nSPS) is 38.7. The van der Waals surface area contributed by atoms with Crippen LogP contribution in [0, 0.1) is 23.7 Å². The number of hydrogen-bond acceptors (Lipinski definition) is 4. The molecule has 4 unspecified atom stereocenters. The van der Waals surface area contributed by atoms with Crippen LogP contribution in [0.4, 0.5) is 0 Å². The van der Waals surface area contributed by atoms with E-state index in [-0.39, 0.29) is 0 Å². The Labute approximate surface area is 116 Å². The van der Waals surface area contributed by atoms with Gasteiger partial charge in [-0.3, -0.25) is 0 Å². The Morgan fingerprint density at radius 1 is 0.895 bits per heavy atom. The van der Waals surface area contributed by atoms with E-state index >= 15 is 0 Å². The first-order valence-electron chi connectivity index (χ1n) is 7.79. The van der Waals surface area contributed by atoms with Crippen molar-refractivity contribution in [1.82, 2.24) is 5.32 Å². The highest BCUT2D eigenvalue weighted by molar-refractivity contribution is 5.16. The third-order valence-corrected chi connectivity index (χ3v) is 5.17. The lowest BCUT2D eigenvalue weighted by Gasteiger charge is -2.10. The Morgan fingerprint density at radius 3 is 2.21 bits per heavy atom. The Hall–Kier alpha value is -0.160. The molecule has 0 radical (unpaired) electrons. The fraction of sp³-hybridized carbons (Fsp3) is 1.00. The van der Waals surface area contributed by atoms with E-state index in [9.17, 15) is 0 Å². The van der Waals surface area contributed by atoms with Crippen LogP contribution in [0.1, 0.15) is 19.3 Å². The number of nitrogens with one attached hydrogen (secondary N) is 1. The maximum Gasteiger partial charge on any atom is 0.0701 e. The number of ether oxygens (including phenoxy) is 3. The summed E-state index contributed by atoms with van der Waals surface area (Å²) in [5, 5.41) is 3.68. The third kappa shape index (κ3) is 3.13. The predicted molar refractivity (Wildman–Crippen MR) is 73.1 cm³/mol.